The Labute approximate surface area is 90.8 Å². The van der Waals surface area contributed by atoms with E-state index in [1.54, 1.807) is 0 Å². The Hall–Kier alpha value is -1.13. The summed E-state index contributed by atoms with van der Waals surface area (Å²) in [5.41, 5.74) is 7.71. The molecule has 0 atom stereocenters. The Morgan fingerprint density at radius 3 is 3.13 bits per heavy atom. The van der Waals surface area contributed by atoms with Crippen LogP contribution in [0.15, 0.2) is 24.7 Å². The standard InChI is InChI=1S/C11H19N3O/c1-10(2)8-15-6-5-14-9-13-7-11(14)3-4-12/h7,9H,1,3-6,8,12H2,2H3. The minimum absolute atomic E-state index is 0.626. The van der Waals surface area contributed by atoms with E-state index in [0.29, 0.717) is 19.8 Å². The van der Waals surface area contributed by atoms with Gasteiger partial charge in [-0.1, -0.05) is 12.2 Å². The molecule has 0 saturated carbocycles. The van der Waals surface area contributed by atoms with Crippen molar-refractivity contribution in [2.24, 2.45) is 5.73 Å². The van der Waals surface area contributed by atoms with Crippen LogP contribution in [0.5, 0.6) is 0 Å². The maximum Gasteiger partial charge on any atom is 0.0948 e. The fourth-order valence-electron chi connectivity index (χ4n) is 1.31. The van der Waals surface area contributed by atoms with Gasteiger partial charge in [0.2, 0.25) is 0 Å². The molecule has 0 aliphatic heterocycles. The normalized spacial score (nSPS) is 10.5. The molecule has 1 heterocycles. The molecule has 0 spiro atoms. The van der Waals surface area contributed by atoms with Crippen molar-refractivity contribution in [1.29, 1.82) is 0 Å². The van der Waals surface area contributed by atoms with Gasteiger partial charge in [0.05, 0.1) is 19.5 Å². The number of aromatic nitrogens is 2. The molecule has 1 rings (SSSR count). The highest BCUT2D eigenvalue weighted by Crippen LogP contribution is 2.00. The van der Waals surface area contributed by atoms with Crippen LogP contribution in [0.1, 0.15) is 12.6 Å². The molecule has 0 fully saturated rings. The Bertz CT molecular complexity index is 307. The first kappa shape index (κ1) is 11.9. The summed E-state index contributed by atoms with van der Waals surface area (Å²) in [4.78, 5) is 4.09. The molecule has 0 amide bonds. The molecule has 0 bridgehead atoms. The van der Waals surface area contributed by atoms with Gasteiger partial charge in [0.1, 0.15) is 0 Å². The van der Waals surface area contributed by atoms with Gasteiger partial charge in [-0.2, -0.15) is 0 Å². The largest absolute Gasteiger partial charge is 0.375 e. The van der Waals surface area contributed by atoms with Crippen LogP contribution < -0.4 is 5.73 Å². The summed E-state index contributed by atoms with van der Waals surface area (Å²) in [6.07, 6.45) is 4.53. The molecule has 1 aromatic heterocycles. The second-order valence-corrected chi connectivity index (χ2v) is 3.63. The average molecular weight is 209 g/mol. The van der Waals surface area contributed by atoms with E-state index in [-0.39, 0.29) is 0 Å². The Morgan fingerprint density at radius 2 is 2.47 bits per heavy atom. The predicted octanol–water partition coefficient (Wildman–Crippen LogP) is 0.977. The van der Waals surface area contributed by atoms with E-state index in [9.17, 15) is 0 Å². The van der Waals surface area contributed by atoms with E-state index in [1.165, 1.54) is 0 Å². The molecule has 4 heteroatoms. The number of imidazole rings is 1. The van der Waals surface area contributed by atoms with Crippen LogP contribution in [-0.4, -0.2) is 29.3 Å². The number of hydrogen-bond acceptors (Lipinski definition) is 3. The zero-order valence-corrected chi connectivity index (χ0v) is 9.28. The fraction of sp³-hybridized carbons (Fsp3) is 0.545. The van der Waals surface area contributed by atoms with E-state index in [0.717, 1.165) is 24.2 Å². The van der Waals surface area contributed by atoms with Crippen LogP contribution in [0.2, 0.25) is 0 Å². The predicted molar refractivity (Wildman–Crippen MR) is 60.6 cm³/mol. The van der Waals surface area contributed by atoms with Crippen molar-refractivity contribution in [3.8, 4) is 0 Å². The highest BCUT2D eigenvalue weighted by molar-refractivity contribution is 4.98. The van der Waals surface area contributed by atoms with Crippen molar-refractivity contribution in [3.05, 3.63) is 30.4 Å². The highest BCUT2D eigenvalue weighted by Gasteiger charge is 2.00. The number of ether oxygens (including phenoxy) is 1. The SMILES string of the molecule is C=C(C)COCCn1cncc1CCN. The van der Waals surface area contributed by atoms with Crippen LogP contribution >= 0.6 is 0 Å². The lowest BCUT2D eigenvalue weighted by Crippen LogP contribution is -2.12. The van der Waals surface area contributed by atoms with Gasteiger partial charge in [-0.25, -0.2) is 4.98 Å². The monoisotopic (exact) mass is 209 g/mol. The molecular weight excluding hydrogens is 190 g/mol. The van der Waals surface area contributed by atoms with Gasteiger partial charge in [-0.3, -0.25) is 0 Å². The summed E-state index contributed by atoms with van der Waals surface area (Å²) < 4.78 is 7.50. The van der Waals surface area contributed by atoms with E-state index in [4.69, 9.17) is 10.5 Å². The van der Waals surface area contributed by atoms with Crippen LogP contribution in [-0.2, 0) is 17.7 Å². The third-order valence-corrected chi connectivity index (χ3v) is 2.02. The number of nitrogens with two attached hydrogens (primary N) is 1. The molecule has 0 aliphatic rings. The summed E-state index contributed by atoms with van der Waals surface area (Å²) in [5.74, 6) is 0. The molecule has 0 radical (unpaired) electrons. The topological polar surface area (TPSA) is 53.1 Å². The summed E-state index contributed by atoms with van der Waals surface area (Å²) in [7, 11) is 0. The number of nitrogens with zero attached hydrogens (tertiary/aromatic N) is 2. The molecular formula is C11H19N3O. The van der Waals surface area contributed by atoms with Crippen molar-refractivity contribution in [1.82, 2.24) is 9.55 Å². The van der Waals surface area contributed by atoms with E-state index in [2.05, 4.69) is 16.1 Å². The van der Waals surface area contributed by atoms with Gasteiger partial charge in [0.15, 0.2) is 0 Å². The molecule has 2 N–H and O–H groups in total. The van der Waals surface area contributed by atoms with E-state index < -0.39 is 0 Å². The summed E-state index contributed by atoms with van der Waals surface area (Å²) >= 11 is 0. The van der Waals surface area contributed by atoms with Gasteiger partial charge in [-0.15, -0.1) is 0 Å². The smallest absolute Gasteiger partial charge is 0.0948 e. The maximum absolute atomic E-state index is 5.50. The molecule has 0 aromatic carbocycles. The summed E-state index contributed by atoms with van der Waals surface area (Å²) in [6, 6.07) is 0. The van der Waals surface area contributed by atoms with Crippen molar-refractivity contribution in [2.45, 2.75) is 19.9 Å². The molecule has 15 heavy (non-hydrogen) atoms. The summed E-state index contributed by atoms with van der Waals surface area (Å²) in [5, 5.41) is 0. The molecule has 84 valence electrons. The zero-order chi connectivity index (χ0) is 11.1. The number of hydrogen-bond donors (Lipinski definition) is 1. The van der Waals surface area contributed by atoms with Gasteiger partial charge in [0, 0.05) is 24.9 Å². The van der Waals surface area contributed by atoms with E-state index in [1.807, 2.05) is 19.4 Å². The zero-order valence-electron chi connectivity index (χ0n) is 9.28. The second-order valence-electron chi connectivity index (χ2n) is 3.63. The van der Waals surface area contributed by atoms with Gasteiger partial charge >= 0.3 is 0 Å². The van der Waals surface area contributed by atoms with Gasteiger partial charge in [-0.05, 0) is 13.5 Å². The lowest BCUT2D eigenvalue weighted by atomic mass is 10.3. The van der Waals surface area contributed by atoms with Gasteiger partial charge < -0.3 is 15.0 Å². The van der Waals surface area contributed by atoms with E-state index >= 15 is 0 Å². The quantitative estimate of drug-likeness (QED) is 0.538. The minimum atomic E-state index is 0.626. The van der Waals surface area contributed by atoms with Crippen molar-refractivity contribution in [3.63, 3.8) is 0 Å². The summed E-state index contributed by atoms with van der Waals surface area (Å²) in [6.45, 7) is 8.51. The average Bonchev–Trinajstić information content (AvgIpc) is 2.61. The fourth-order valence-corrected chi connectivity index (χ4v) is 1.31. The van der Waals surface area contributed by atoms with Crippen LogP contribution in [0.4, 0.5) is 0 Å². The lowest BCUT2D eigenvalue weighted by molar-refractivity contribution is 0.147. The van der Waals surface area contributed by atoms with Crippen LogP contribution in [0.25, 0.3) is 0 Å². The van der Waals surface area contributed by atoms with Crippen molar-refractivity contribution < 1.29 is 4.74 Å². The maximum atomic E-state index is 5.50. The second kappa shape index (κ2) is 6.37. The Morgan fingerprint density at radius 1 is 1.67 bits per heavy atom. The highest BCUT2D eigenvalue weighted by atomic mass is 16.5. The number of rotatable bonds is 7. The Kier molecular flexibility index (Phi) is 5.07. The third kappa shape index (κ3) is 4.27. The first-order valence-electron chi connectivity index (χ1n) is 5.15. The molecule has 4 nitrogen and oxygen atoms in total. The third-order valence-electron chi connectivity index (χ3n) is 2.02. The molecule has 1 aromatic rings. The van der Waals surface area contributed by atoms with Crippen LogP contribution in [0.3, 0.4) is 0 Å². The molecule has 0 unspecified atom stereocenters. The van der Waals surface area contributed by atoms with Gasteiger partial charge in [0.25, 0.3) is 0 Å². The van der Waals surface area contributed by atoms with Crippen molar-refractivity contribution >= 4 is 0 Å². The molecule has 0 aliphatic carbocycles. The van der Waals surface area contributed by atoms with Crippen LogP contribution in [0, 0.1) is 0 Å². The molecule has 0 saturated heterocycles. The lowest BCUT2D eigenvalue weighted by Gasteiger charge is -2.07. The Balaban J connectivity index is 2.30. The first-order chi connectivity index (χ1) is 7.24. The first-order valence-corrected chi connectivity index (χ1v) is 5.15. The minimum Gasteiger partial charge on any atom is -0.375 e. The van der Waals surface area contributed by atoms with Crippen molar-refractivity contribution in [2.75, 3.05) is 19.8 Å².